The Kier molecular flexibility index (Phi) is 7.83. The Morgan fingerprint density at radius 3 is 2.00 bits per heavy atom. The number of benzene rings is 1. The molecule has 0 N–H and O–H groups in total. The van der Waals surface area contributed by atoms with Crippen LogP contribution in [0.2, 0.25) is 0 Å². The molecule has 0 fully saturated rings. The molecule has 0 spiro atoms. The highest BCUT2D eigenvalue weighted by Gasteiger charge is 2.21. The molecule has 98 valence electrons. The Bertz CT molecular complexity index is 387. The molecule has 0 saturated carbocycles. The molecule has 0 aliphatic carbocycles. The third-order valence-electron chi connectivity index (χ3n) is 2.21. The summed E-state index contributed by atoms with van der Waals surface area (Å²) in [6.45, 7) is 8.93. The van der Waals surface area contributed by atoms with Gasteiger partial charge in [-0.25, -0.2) is 8.42 Å². The minimum Gasteiger partial charge on any atom is -0.207 e. The molecular formula is C13H23NO2S. The van der Waals surface area contributed by atoms with Crippen molar-refractivity contribution in [2.75, 3.05) is 13.1 Å². The van der Waals surface area contributed by atoms with Gasteiger partial charge in [-0.15, -0.1) is 0 Å². The summed E-state index contributed by atoms with van der Waals surface area (Å²) >= 11 is 0. The average molecular weight is 257 g/mol. The summed E-state index contributed by atoms with van der Waals surface area (Å²) < 4.78 is 25.7. The first kappa shape index (κ1) is 16.1. The molecule has 3 nitrogen and oxygen atoms in total. The minimum atomic E-state index is -3.28. The van der Waals surface area contributed by atoms with Crippen molar-refractivity contribution in [1.82, 2.24) is 4.31 Å². The van der Waals surface area contributed by atoms with Gasteiger partial charge < -0.3 is 0 Å². The van der Waals surface area contributed by atoms with Crippen molar-refractivity contribution >= 4 is 10.0 Å². The van der Waals surface area contributed by atoms with Crippen molar-refractivity contribution in [1.29, 1.82) is 0 Å². The van der Waals surface area contributed by atoms with Crippen LogP contribution >= 0.6 is 0 Å². The van der Waals surface area contributed by atoms with Gasteiger partial charge >= 0.3 is 0 Å². The second-order valence-corrected chi connectivity index (χ2v) is 5.25. The normalized spacial score (nSPS) is 10.9. The minimum absolute atomic E-state index is 0.375. The summed E-state index contributed by atoms with van der Waals surface area (Å²) in [6, 6.07) is 8.57. The molecule has 0 heterocycles. The van der Waals surface area contributed by atoms with E-state index < -0.39 is 10.0 Å². The number of sulfonamides is 1. The van der Waals surface area contributed by atoms with Crippen LogP contribution < -0.4 is 0 Å². The summed E-state index contributed by atoms with van der Waals surface area (Å²) in [5.41, 5.74) is 0. The van der Waals surface area contributed by atoms with Gasteiger partial charge in [0.25, 0.3) is 0 Å². The van der Waals surface area contributed by atoms with E-state index in [0.717, 1.165) is 6.42 Å². The first-order valence-electron chi connectivity index (χ1n) is 6.18. The number of hydrogen-bond acceptors (Lipinski definition) is 2. The number of rotatable bonds is 5. The van der Waals surface area contributed by atoms with Crippen molar-refractivity contribution in [3.63, 3.8) is 0 Å². The molecule has 0 atom stereocenters. The van der Waals surface area contributed by atoms with E-state index in [-0.39, 0.29) is 0 Å². The highest BCUT2D eigenvalue weighted by Crippen LogP contribution is 2.14. The van der Waals surface area contributed by atoms with Crippen molar-refractivity contribution in [3.05, 3.63) is 30.3 Å². The number of nitrogens with zero attached hydrogens (tertiary/aromatic N) is 1. The smallest absolute Gasteiger partial charge is 0.207 e. The molecule has 1 aromatic carbocycles. The van der Waals surface area contributed by atoms with E-state index in [9.17, 15) is 8.42 Å². The molecule has 0 bridgehead atoms. The van der Waals surface area contributed by atoms with Crippen LogP contribution in [0, 0.1) is 0 Å². The lowest BCUT2D eigenvalue weighted by Gasteiger charge is -2.19. The SMILES string of the molecule is CC.CCCN(CC)S(=O)(=O)c1ccccc1. The zero-order chi connectivity index (χ0) is 13.3. The van der Waals surface area contributed by atoms with Crippen LogP contribution in [-0.4, -0.2) is 25.8 Å². The zero-order valence-corrected chi connectivity index (χ0v) is 12.0. The van der Waals surface area contributed by atoms with E-state index in [2.05, 4.69) is 0 Å². The van der Waals surface area contributed by atoms with E-state index in [1.165, 1.54) is 4.31 Å². The summed E-state index contributed by atoms with van der Waals surface area (Å²) in [4.78, 5) is 0.375. The van der Waals surface area contributed by atoms with E-state index >= 15 is 0 Å². The molecule has 0 saturated heterocycles. The molecule has 4 heteroatoms. The van der Waals surface area contributed by atoms with Gasteiger partial charge in [0.05, 0.1) is 4.90 Å². The van der Waals surface area contributed by atoms with E-state index in [0.29, 0.717) is 18.0 Å². The van der Waals surface area contributed by atoms with Crippen LogP contribution in [0.3, 0.4) is 0 Å². The fraction of sp³-hybridized carbons (Fsp3) is 0.538. The molecule has 17 heavy (non-hydrogen) atoms. The Hall–Kier alpha value is -0.870. The zero-order valence-electron chi connectivity index (χ0n) is 11.2. The van der Waals surface area contributed by atoms with Gasteiger partial charge in [-0.3, -0.25) is 0 Å². The maximum atomic E-state index is 12.1. The topological polar surface area (TPSA) is 37.4 Å². The largest absolute Gasteiger partial charge is 0.243 e. The maximum absolute atomic E-state index is 12.1. The lowest BCUT2D eigenvalue weighted by Crippen LogP contribution is -2.31. The summed E-state index contributed by atoms with van der Waals surface area (Å²) in [5, 5.41) is 0. The monoisotopic (exact) mass is 257 g/mol. The van der Waals surface area contributed by atoms with Gasteiger partial charge in [0.2, 0.25) is 10.0 Å². The van der Waals surface area contributed by atoms with Gasteiger partial charge in [-0.1, -0.05) is 45.9 Å². The second kappa shape index (κ2) is 8.25. The van der Waals surface area contributed by atoms with E-state index in [1.807, 2.05) is 33.8 Å². The number of hydrogen-bond donors (Lipinski definition) is 0. The third-order valence-corrected chi connectivity index (χ3v) is 4.20. The summed E-state index contributed by atoms with van der Waals surface area (Å²) in [7, 11) is -3.28. The van der Waals surface area contributed by atoms with Crippen molar-refractivity contribution in [3.8, 4) is 0 Å². The Morgan fingerprint density at radius 2 is 1.59 bits per heavy atom. The quantitative estimate of drug-likeness (QED) is 0.812. The van der Waals surface area contributed by atoms with Crippen LogP contribution in [0.1, 0.15) is 34.1 Å². The van der Waals surface area contributed by atoms with Crippen molar-refractivity contribution in [2.24, 2.45) is 0 Å². The second-order valence-electron chi connectivity index (χ2n) is 3.31. The molecule has 1 aromatic rings. The fourth-order valence-electron chi connectivity index (χ4n) is 1.44. The average Bonchev–Trinajstić information content (AvgIpc) is 2.39. The van der Waals surface area contributed by atoms with Crippen LogP contribution in [0.4, 0.5) is 0 Å². The van der Waals surface area contributed by atoms with Gasteiger partial charge in [-0.05, 0) is 18.6 Å². The van der Waals surface area contributed by atoms with Crippen LogP contribution in [0.25, 0.3) is 0 Å². The molecule has 0 aliphatic rings. The van der Waals surface area contributed by atoms with Crippen LogP contribution in [0.5, 0.6) is 0 Å². The summed E-state index contributed by atoms with van der Waals surface area (Å²) in [6.07, 6.45) is 0.833. The predicted octanol–water partition coefficient (Wildman–Crippen LogP) is 3.13. The first-order chi connectivity index (χ1) is 8.12. The third kappa shape index (κ3) is 4.48. The van der Waals surface area contributed by atoms with Gasteiger partial charge in [-0.2, -0.15) is 4.31 Å². The van der Waals surface area contributed by atoms with Crippen molar-refractivity contribution in [2.45, 2.75) is 39.0 Å². The van der Waals surface area contributed by atoms with Crippen LogP contribution in [0.15, 0.2) is 35.2 Å². The Morgan fingerprint density at radius 1 is 1.06 bits per heavy atom. The van der Waals surface area contributed by atoms with Gasteiger partial charge in [0, 0.05) is 13.1 Å². The van der Waals surface area contributed by atoms with Gasteiger partial charge in [0.15, 0.2) is 0 Å². The predicted molar refractivity (Wildman–Crippen MR) is 72.5 cm³/mol. The highest BCUT2D eigenvalue weighted by atomic mass is 32.2. The molecule has 1 rings (SSSR count). The molecule has 0 aromatic heterocycles. The molecule has 0 aliphatic heterocycles. The summed E-state index contributed by atoms with van der Waals surface area (Å²) in [5.74, 6) is 0. The van der Waals surface area contributed by atoms with Crippen molar-refractivity contribution < 1.29 is 8.42 Å². The lowest BCUT2D eigenvalue weighted by atomic mass is 10.4. The molecule has 0 unspecified atom stereocenters. The van der Waals surface area contributed by atoms with Crippen LogP contribution in [-0.2, 0) is 10.0 Å². The maximum Gasteiger partial charge on any atom is 0.243 e. The lowest BCUT2D eigenvalue weighted by molar-refractivity contribution is 0.427. The molecule has 0 radical (unpaired) electrons. The van der Waals surface area contributed by atoms with E-state index in [4.69, 9.17) is 0 Å². The Balaban J connectivity index is 0.00000121. The molecule has 0 amide bonds. The first-order valence-corrected chi connectivity index (χ1v) is 7.62. The molecular weight excluding hydrogens is 234 g/mol. The standard InChI is InChI=1S/C11H17NO2S.C2H6/c1-3-10-12(4-2)15(13,14)11-8-6-5-7-9-11;1-2/h5-9H,3-4,10H2,1-2H3;1-2H3. The highest BCUT2D eigenvalue weighted by molar-refractivity contribution is 7.89. The van der Waals surface area contributed by atoms with E-state index in [1.54, 1.807) is 24.3 Å². The van der Waals surface area contributed by atoms with Gasteiger partial charge in [0.1, 0.15) is 0 Å². The fourth-order valence-corrected chi connectivity index (χ4v) is 3.00. The Labute approximate surface area is 106 Å².